The Morgan fingerprint density at radius 2 is 1.52 bits per heavy atom. The lowest BCUT2D eigenvalue weighted by Crippen LogP contribution is -2.54. The highest BCUT2D eigenvalue weighted by Crippen LogP contribution is 2.33. The third-order valence-corrected chi connectivity index (χ3v) is 10.1. The summed E-state index contributed by atoms with van der Waals surface area (Å²) in [5.41, 5.74) is 2.87. The van der Waals surface area contributed by atoms with E-state index in [-0.39, 0.29) is 41.2 Å². The molecule has 254 valence electrons. The van der Waals surface area contributed by atoms with Crippen LogP contribution in [0.25, 0.3) is 0 Å². The maximum atomic E-state index is 14.6. The van der Waals surface area contributed by atoms with Crippen molar-refractivity contribution >= 4 is 39.1 Å². The molecule has 2 amide bonds. The number of carbonyl (C=O) groups is 2. The molecule has 0 aliphatic heterocycles. The molecular formula is C37H42ClN3O6S. The summed E-state index contributed by atoms with van der Waals surface area (Å²) in [5, 5.41) is 3.45. The molecule has 0 saturated carbocycles. The number of rotatable bonds is 15. The summed E-state index contributed by atoms with van der Waals surface area (Å²) in [4.78, 5) is 30.0. The van der Waals surface area contributed by atoms with Crippen LogP contribution in [-0.4, -0.2) is 58.0 Å². The first-order valence-corrected chi connectivity index (χ1v) is 17.5. The predicted molar refractivity (Wildman–Crippen MR) is 189 cm³/mol. The summed E-state index contributed by atoms with van der Waals surface area (Å²) in [7, 11) is -1.49. The van der Waals surface area contributed by atoms with Crippen molar-refractivity contribution in [3.63, 3.8) is 0 Å². The number of ether oxygens (including phenoxy) is 2. The van der Waals surface area contributed by atoms with Crippen LogP contribution in [0.5, 0.6) is 11.5 Å². The standard InChI is InChI=1S/C37H42ClN3O6S/c1-6-27(3)39-37(43)33(22-28-12-8-7-9-13-28)40(24-29-14-10-11-26(2)21-29)36(42)25-41(31-17-15-30(38)16-18-31)48(44,45)32-19-20-34(46-4)35(23-32)47-5/h7-21,23,27,33H,6,22,24-25H2,1-5H3,(H,39,43)/t27-,33+/m1/s1. The van der Waals surface area contributed by atoms with Crippen LogP contribution in [0.3, 0.4) is 0 Å². The number of carbonyl (C=O) groups excluding carboxylic acids is 2. The van der Waals surface area contributed by atoms with Gasteiger partial charge in [-0.2, -0.15) is 0 Å². The van der Waals surface area contributed by atoms with Crippen LogP contribution in [-0.2, 0) is 32.6 Å². The van der Waals surface area contributed by atoms with Crippen LogP contribution in [0.1, 0.15) is 37.0 Å². The molecule has 0 spiro atoms. The maximum Gasteiger partial charge on any atom is 0.264 e. The first-order valence-electron chi connectivity index (χ1n) is 15.7. The lowest BCUT2D eigenvalue weighted by Gasteiger charge is -2.34. The van der Waals surface area contributed by atoms with Crippen LogP contribution < -0.4 is 19.1 Å². The zero-order valence-corrected chi connectivity index (χ0v) is 29.4. The van der Waals surface area contributed by atoms with E-state index in [9.17, 15) is 18.0 Å². The van der Waals surface area contributed by atoms with Crippen molar-refractivity contribution < 1.29 is 27.5 Å². The molecule has 0 saturated heterocycles. The second kappa shape index (κ2) is 16.5. The topological polar surface area (TPSA) is 105 Å². The van der Waals surface area contributed by atoms with Gasteiger partial charge < -0.3 is 19.7 Å². The number of aryl methyl sites for hydroxylation is 1. The van der Waals surface area contributed by atoms with E-state index >= 15 is 0 Å². The second-order valence-electron chi connectivity index (χ2n) is 11.5. The fraction of sp³-hybridized carbons (Fsp3) is 0.297. The van der Waals surface area contributed by atoms with Gasteiger partial charge in [-0.15, -0.1) is 0 Å². The highest BCUT2D eigenvalue weighted by molar-refractivity contribution is 7.92. The molecule has 0 aliphatic rings. The summed E-state index contributed by atoms with van der Waals surface area (Å²) in [6.45, 7) is 5.31. The van der Waals surface area contributed by atoms with E-state index in [1.165, 1.54) is 49.5 Å². The van der Waals surface area contributed by atoms with E-state index in [0.29, 0.717) is 17.2 Å². The number of methoxy groups -OCH3 is 2. The Bertz CT molecular complexity index is 1800. The largest absolute Gasteiger partial charge is 0.493 e. The van der Waals surface area contributed by atoms with E-state index in [4.69, 9.17) is 21.1 Å². The third-order valence-electron chi connectivity index (χ3n) is 8.04. The minimum absolute atomic E-state index is 0.0802. The smallest absolute Gasteiger partial charge is 0.264 e. The van der Waals surface area contributed by atoms with Crippen LogP contribution in [0.15, 0.2) is 102 Å². The van der Waals surface area contributed by atoms with Gasteiger partial charge in [-0.1, -0.05) is 78.7 Å². The average Bonchev–Trinajstić information content (AvgIpc) is 3.09. The van der Waals surface area contributed by atoms with Crippen molar-refractivity contribution in [2.75, 3.05) is 25.1 Å². The quantitative estimate of drug-likeness (QED) is 0.154. The van der Waals surface area contributed by atoms with Gasteiger partial charge in [0.05, 0.1) is 24.8 Å². The number of hydrogen-bond acceptors (Lipinski definition) is 6. The van der Waals surface area contributed by atoms with Gasteiger partial charge in [0.25, 0.3) is 10.0 Å². The second-order valence-corrected chi connectivity index (χ2v) is 13.8. The van der Waals surface area contributed by atoms with Crippen molar-refractivity contribution in [1.29, 1.82) is 0 Å². The zero-order valence-electron chi connectivity index (χ0n) is 27.9. The van der Waals surface area contributed by atoms with Crippen LogP contribution >= 0.6 is 11.6 Å². The first kappa shape index (κ1) is 36.3. The summed E-state index contributed by atoms with van der Waals surface area (Å²) < 4.78 is 40.5. The lowest BCUT2D eigenvalue weighted by molar-refractivity contribution is -0.140. The monoisotopic (exact) mass is 691 g/mol. The van der Waals surface area contributed by atoms with Crippen LogP contribution in [0.4, 0.5) is 5.69 Å². The normalized spacial score (nSPS) is 12.5. The molecule has 2 atom stereocenters. The van der Waals surface area contributed by atoms with Crippen LogP contribution in [0.2, 0.25) is 5.02 Å². The van der Waals surface area contributed by atoms with Crippen molar-refractivity contribution in [3.8, 4) is 11.5 Å². The first-order chi connectivity index (χ1) is 23.0. The Labute approximate surface area is 288 Å². The number of halogens is 1. The summed E-state index contributed by atoms with van der Waals surface area (Å²) >= 11 is 6.17. The van der Waals surface area contributed by atoms with E-state index in [1.807, 2.05) is 75.4 Å². The molecule has 48 heavy (non-hydrogen) atoms. The van der Waals surface area contributed by atoms with Gasteiger partial charge in [0.2, 0.25) is 11.8 Å². The molecule has 0 aliphatic carbocycles. The molecule has 11 heteroatoms. The van der Waals surface area contributed by atoms with Crippen molar-refractivity contribution in [2.45, 2.75) is 57.1 Å². The molecule has 0 heterocycles. The molecule has 0 fully saturated rings. The number of nitrogens with one attached hydrogen (secondary N) is 1. The Morgan fingerprint density at radius 1 is 0.854 bits per heavy atom. The molecule has 9 nitrogen and oxygen atoms in total. The van der Waals surface area contributed by atoms with Gasteiger partial charge >= 0.3 is 0 Å². The molecule has 1 N–H and O–H groups in total. The highest BCUT2D eigenvalue weighted by atomic mass is 35.5. The Morgan fingerprint density at radius 3 is 2.15 bits per heavy atom. The fourth-order valence-corrected chi connectivity index (χ4v) is 6.80. The van der Waals surface area contributed by atoms with Crippen molar-refractivity contribution in [3.05, 3.63) is 119 Å². The summed E-state index contributed by atoms with van der Waals surface area (Å²) in [6.07, 6.45) is 0.924. The Hall–Kier alpha value is -4.54. The van der Waals surface area contributed by atoms with E-state index in [1.54, 1.807) is 12.1 Å². The number of hydrogen-bond donors (Lipinski definition) is 1. The average molecular weight is 692 g/mol. The van der Waals surface area contributed by atoms with Gasteiger partial charge in [0.15, 0.2) is 11.5 Å². The molecule has 4 rings (SSSR count). The molecular weight excluding hydrogens is 650 g/mol. The molecule has 0 aromatic heterocycles. The fourth-order valence-electron chi connectivity index (χ4n) is 5.24. The van der Waals surface area contributed by atoms with E-state index < -0.39 is 28.5 Å². The zero-order chi connectivity index (χ0) is 34.8. The van der Waals surface area contributed by atoms with E-state index in [2.05, 4.69) is 5.32 Å². The predicted octanol–water partition coefficient (Wildman–Crippen LogP) is 6.42. The molecule has 0 radical (unpaired) electrons. The van der Waals surface area contributed by atoms with Gasteiger partial charge in [-0.25, -0.2) is 8.42 Å². The molecule has 4 aromatic rings. The number of sulfonamides is 1. The van der Waals surface area contributed by atoms with Gasteiger partial charge in [-0.05, 0) is 67.8 Å². The summed E-state index contributed by atoms with van der Waals surface area (Å²) in [6, 6.07) is 26.5. The SMILES string of the molecule is CC[C@@H](C)NC(=O)[C@H](Cc1ccccc1)N(Cc1cccc(C)c1)C(=O)CN(c1ccc(Cl)cc1)S(=O)(=O)c1ccc(OC)c(OC)c1. The third kappa shape index (κ3) is 9.08. The van der Waals surface area contributed by atoms with Gasteiger partial charge in [0, 0.05) is 30.1 Å². The Kier molecular flexibility index (Phi) is 12.5. The van der Waals surface area contributed by atoms with Crippen LogP contribution in [0, 0.1) is 6.92 Å². The van der Waals surface area contributed by atoms with E-state index in [0.717, 1.165) is 21.0 Å². The number of amides is 2. The minimum atomic E-state index is -4.35. The van der Waals surface area contributed by atoms with Gasteiger partial charge in [0.1, 0.15) is 12.6 Å². The number of benzene rings is 4. The van der Waals surface area contributed by atoms with Gasteiger partial charge in [-0.3, -0.25) is 13.9 Å². The summed E-state index contributed by atoms with van der Waals surface area (Å²) in [5.74, 6) is -0.316. The maximum absolute atomic E-state index is 14.6. The van der Waals surface area contributed by atoms with Crippen molar-refractivity contribution in [1.82, 2.24) is 10.2 Å². The number of nitrogens with zero attached hydrogens (tertiary/aromatic N) is 2. The minimum Gasteiger partial charge on any atom is -0.493 e. The molecule has 4 aromatic carbocycles. The number of anilines is 1. The highest BCUT2D eigenvalue weighted by Gasteiger charge is 2.35. The molecule has 0 bridgehead atoms. The van der Waals surface area contributed by atoms with Crippen molar-refractivity contribution in [2.24, 2.45) is 0 Å². The lowest BCUT2D eigenvalue weighted by atomic mass is 10.0. The molecule has 0 unspecified atom stereocenters. The Balaban J connectivity index is 1.83.